The Labute approximate surface area is 128 Å². The molecule has 1 amide bonds. The van der Waals surface area contributed by atoms with Crippen molar-refractivity contribution in [3.05, 3.63) is 0 Å². The summed E-state index contributed by atoms with van der Waals surface area (Å²) in [6.07, 6.45) is 1.26. The summed E-state index contributed by atoms with van der Waals surface area (Å²) in [6.45, 7) is 10.6. The number of ether oxygens (including phenoxy) is 1. The maximum absolute atomic E-state index is 11.7. The van der Waals surface area contributed by atoms with Crippen molar-refractivity contribution >= 4 is 11.9 Å². The molecule has 0 aromatic carbocycles. The number of likely N-dealkylation sites (tertiary alicyclic amines) is 1. The van der Waals surface area contributed by atoms with E-state index in [1.54, 1.807) is 7.11 Å². The van der Waals surface area contributed by atoms with Crippen LogP contribution in [0, 0.1) is 11.8 Å². The zero-order valence-electron chi connectivity index (χ0n) is 13.8. The highest BCUT2D eigenvalue weighted by atomic mass is 16.5. The number of guanidine groups is 1. The van der Waals surface area contributed by atoms with Crippen molar-refractivity contribution in [2.45, 2.75) is 27.2 Å². The smallest absolute Gasteiger partial charge is 0.241 e. The highest BCUT2D eigenvalue weighted by molar-refractivity contribution is 5.85. The lowest BCUT2D eigenvalue weighted by atomic mass is 9.92. The second-order valence-corrected chi connectivity index (χ2v) is 5.86. The van der Waals surface area contributed by atoms with Crippen LogP contribution in [0.2, 0.25) is 0 Å². The molecule has 0 aromatic heterocycles. The second-order valence-electron chi connectivity index (χ2n) is 5.86. The van der Waals surface area contributed by atoms with Gasteiger partial charge in [-0.15, -0.1) is 0 Å². The lowest BCUT2D eigenvalue weighted by molar-refractivity contribution is -0.119. The van der Waals surface area contributed by atoms with Gasteiger partial charge in [0.2, 0.25) is 5.91 Å². The first kappa shape index (κ1) is 17.8. The maximum atomic E-state index is 11.7. The molecule has 1 saturated heterocycles. The number of nitrogens with one attached hydrogen (secondary N) is 2. The van der Waals surface area contributed by atoms with Gasteiger partial charge in [-0.2, -0.15) is 0 Å². The molecular formula is C15H30N4O2. The molecule has 2 atom stereocenters. The fraction of sp³-hybridized carbons (Fsp3) is 0.867. The Bertz CT molecular complexity index is 337. The van der Waals surface area contributed by atoms with Crippen molar-refractivity contribution < 1.29 is 9.53 Å². The van der Waals surface area contributed by atoms with E-state index in [0.717, 1.165) is 25.6 Å². The molecule has 6 heteroatoms. The quantitative estimate of drug-likeness (QED) is 0.430. The van der Waals surface area contributed by atoms with Crippen LogP contribution in [0.3, 0.4) is 0 Å². The fourth-order valence-electron chi connectivity index (χ4n) is 2.76. The zero-order valence-corrected chi connectivity index (χ0v) is 13.8. The van der Waals surface area contributed by atoms with Crippen LogP contribution in [0.15, 0.2) is 4.99 Å². The maximum Gasteiger partial charge on any atom is 0.241 e. The van der Waals surface area contributed by atoms with Crippen LogP contribution in [0.25, 0.3) is 0 Å². The summed E-state index contributed by atoms with van der Waals surface area (Å²) in [6, 6.07) is 0. The zero-order chi connectivity index (χ0) is 15.7. The van der Waals surface area contributed by atoms with Crippen molar-refractivity contribution in [1.82, 2.24) is 15.5 Å². The number of hydrogen-bond donors (Lipinski definition) is 2. The second kappa shape index (κ2) is 9.60. The number of amides is 1. The van der Waals surface area contributed by atoms with E-state index in [0.29, 0.717) is 25.0 Å². The van der Waals surface area contributed by atoms with Crippen LogP contribution in [-0.2, 0) is 9.53 Å². The molecule has 1 fully saturated rings. The van der Waals surface area contributed by atoms with Crippen molar-refractivity contribution in [1.29, 1.82) is 0 Å². The largest absolute Gasteiger partial charge is 0.383 e. The molecule has 0 aliphatic carbocycles. The standard InChI is InChI=1S/C15H30N4O2/c1-5-16-15(18-9-14(20)17-6-7-21-4)19-10-12(2)8-13(3)11-19/h12-13H,5-11H2,1-4H3,(H,16,18)(H,17,20). The first-order valence-electron chi connectivity index (χ1n) is 7.85. The topological polar surface area (TPSA) is 66.0 Å². The van der Waals surface area contributed by atoms with Gasteiger partial charge in [0.05, 0.1) is 6.61 Å². The summed E-state index contributed by atoms with van der Waals surface area (Å²) in [5.41, 5.74) is 0. The van der Waals surface area contributed by atoms with Gasteiger partial charge in [-0.1, -0.05) is 13.8 Å². The fourth-order valence-corrected chi connectivity index (χ4v) is 2.76. The van der Waals surface area contributed by atoms with Crippen LogP contribution in [-0.4, -0.2) is 63.2 Å². The molecule has 2 N–H and O–H groups in total. The number of carbonyl (C=O) groups is 1. The molecule has 6 nitrogen and oxygen atoms in total. The van der Waals surface area contributed by atoms with E-state index in [1.807, 2.05) is 6.92 Å². The van der Waals surface area contributed by atoms with Crippen molar-refractivity contribution in [3.8, 4) is 0 Å². The first-order valence-corrected chi connectivity index (χ1v) is 7.85. The van der Waals surface area contributed by atoms with Crippen LogP contribution in [0.5, 0.6) is 0 Å². The molecule has 1 heterocycles. The van der Waals surface area contributed by atoms with E-state index in [2.05, 4.69) is 34.4 Å². The molecule has 1 aliphatic rings. The third-order valence-electron chi connectivity index (χ3n) is 3.50. The monoisotopic (exact) mass is 298 g/mol. The summed E-state index contributed by atoms with van der Waals surface area (Å²) in [4.78, 5) is 18.4. The number of nitrogens with zero attached hydrogens (tertiary/aromatic N) is 2. The SMILES string of the molecule is CCNC(=NCC(=O)NCCOC)N1CC(C)CC(C)C1. The minimum absolute atomic E-state index is 0.0689. The molecule has 1 aliphatic heterocycles. The Morgan fingerprint density at radius 1 is 1.29 bits per heavy atom. The van der Waals surface area contributed by atoms with Gasteiger partial charge in [0.1, 0.15) is 6.54 Å². The Morgan fingerprint density at radius 2 is 1.95 bits per heavy atom. The molecule has 122 valence electrons. The van der Waals surface area contributed by atoms with E-state index in [9.17, 15) is 4.79 Å². The Morgan fingerprint density at radius 3 is 2.52 bits per heavy atom. The van der Waals surface area contributed by atoms with Gasteiger partial charge < -0.3 is 20.3 Å². The molecule has 0 spiro atoms. The van der Waals surface area contributed by atoms with Gasteiger partial charge >= 0.3 is 0 Å². The number of methoxy groups -OCH3 is 1. The number of rotatable bonds is 6. The van der Waals surface area contributed by atoms with Crippen LogP contribution >= 0.6 is 0 Å². The third kappa shape index (κ3) is 6.80. The molecule has 21 heavy (non-hydrogen) atoms. The summed E-state index contributed by atoms with van der Waals surface area (Å²) < 4.78 is 4.90. The summed E-state index contributed by atoms with van der Waals surface area (Å²) in [7, 11) is 1.62. The predicted molar refractivity (Wildman–Crippen MR) is 85.4 cm³/mol. The van der Waals surface area contributed by atoms with Gasteiger partial charge in [-0.25, -0.2) is 4.99 Å². The summed E-state index contributed by atoms with van der Waals surface area (Å²) in [5.74, 6) is 2.10. The number of aliphatic imine (C=N–C) groups is 1. The number of hydrogen-bond acceptors (Lipinski definition) is 3. The minimum Gasteiger partial charge on any atom is -0.383 e. The Kier molecular flexibility index (Phi) is 8.12. The summed E-state index contributed by atoms with van der Waals surface area (Å²) >= 11 is 0. The molecule has 0 aromatic rings. The molecule has 0 bridgehead atoms. The van der Waals surface area contributed by atoms with Crippen LogP contribution in [0.4, 0.5) is 0 Å². The van der Waals surface area contributed by atoms with E-state index < -0.39 is 0 Å². The van der Waals surface area contributed by atoms with E-state index >= 15 is 0 Å². The van der Waals surface area contributed by atoms with E-state index in [4.69, 9.17) is 4.74 Å². The predicted octanol–water partition coefficient (Wildman–Crippen LogP) is 0.692. The molecular weight excluding hydrogens is 268 g/mol. The Balaban J connectivity index is 2.54. The van der Waals surface area contributed by atoms with Crippen molar-refractivity contribution in [2.75, 3.05) is 46.4 Å². The highest BCUT2D eigenvalue weighted by Crippen LogP contribution is 2.20. The lowest BCUT2D eigenvalue weighted by Gasteiger charge is -2.37. The molecule has 2 unspecified atom stereocenters. The minimum atomic E-state index is -0.0689. The normalized spacial score (nSPS) is 23.0. The third-order valence-corrected chi connectivity index (χ3v) is 3.50. The average molecular weight is 298 g/mol. The van der Waals surface area contributed by atoms with Gasteiger partial charge in [0, 0.05) is 33.3 Å². The number of piperidine rings is 1. The Hall–Kier alpha value is -1.30. The van der Waals surface area contributed by atoms with E-state index in [1.165, 1.54) is 6.42 Å². The molecule has 1 rings (SSSR count). The van der Waals surface area contributed by atoms with Gasteiger partial charge in [-0.3, -0.25) is 4.79 Å². The first-order chi connectivity index (χ1) is 10.1. The van der Waals surface area contributed by atoms with E-state index in [-0.39, 0.29) is 12.5 Å². The van der Waals surface area contributed by atoms with Gasteiger partial charge in [-0.05, 0) is 25.2 Å². The summed E-state index contributed by atoms with van der Waals surface area (Å²) in [5, 5.41) is 6.07. The number of carbonyl (C=O) groups excluding carboxylic acids is 1. The van der Waals surface area contributed by atoms with Crippen LogP contribution in [0.1, 0.15) is 27.2 Å². The molecule has 0 radical (unpaired) electrons. The molecule has 0 saturated carbocycles. The van der Waals surface area contributed by atoms with Crippen molar-refractivity contribution in [3.63, 3.8) is 0 Å². The van der Waals surface area contributed by atoms with Crippen molar-refractivity contribution in [2.24, 2.45) is 16.8 Å². The lowest BCUT2D eigenvalue weighted by Crippen LogP contribution is -2.48. The average Bonchev–Trinajstić information content (AvgIpc) is 2.42. The van der Waals surface area contributed by atoms with Gasteiger partial charge in [0.15, 0.2) is 5.96 Å². The van der Waals surface area contributed by atoms with Gasteiger partial charge in [0.25, 0.3) is 0 Å². The van der Waals surface area contributed by atoms with Crippen LogP contribution < -0.4 is 10.6 Å². The highest BCUT2D eigenvalue weighted by Gasteiger charge is 2.24.